The molecular weight excluding hydrogens is 221 g/mol. The molecule has 1 aromatic carbocycles. The van der Waals surface area contributed by atoms with Gasteiger partial charge in [0, 0.05) is 5.56 Å². The molecule has 0 radical (unpaired) electrons. The first kappa shape index (κ1) is 11.3. The van der Waals surface area contributed by atoms with Crippen molar-refractivity contribution in [2.24, 2.45) is 0 Å². The number of ether oxygens (including phenoxy) is 1. The van der Waals surface area contributed by atoms with Crippen LogP contribution in [-0.2, 0) is 0 Å². The van der Waals surface area contributed by atoms with Crippen LogP contribution in [0.15, 0.2) is 24.4 Å². The Balaban J connectivity index is 2.66. The van der Waals surface area contributed by atoms with Gasteiger partial charge in [0.2, 0.25) is 5.95 Å². The molecule has 0 saturated carbocycles. The van der Waals surface area contributed by atoms with Gasteiger partial charge in [-0.3, -0.25) is 0 Å². The topological polar surface area (TPSA) is 61.0 Å². The average Bonchev–Trinajstić information content (AvgIpc) is 2.32. The van der Waals surface area contributed by atoms with E-state index in [0.29, 0.717) is 11.3 Å². The molecule has 88 valence electrons. The van der Waals surface area contributed by atoms with Crippen LogP contribution in [0.2, 0.25) is 0 Å². The standard InChI is InChI=1S/C12H12FN3O/c1-7-3-4-10(17-2)8(5-7)11-9(13)6-15-12(14)16-11/h3-6H,1-2H3,(H2,14,15,16). The van der Waals surface area contributed by atoms with Gasteiger partial charge in [0.15, 0.2) is 5.82 Å². The number of halogens is 1. The van der Waals surface area contributed by atoms with Gasteiger partial charge in [-0.05, 0) is 19.1 Å². The van der Waals surface area contributed by atoms with Gasteiger partial charge in [-0.25, -0.2) is 14.4 Å². The van der Waals surface area contributed by atoms with Gasteiger partial charge in [0.25, 0.3) is 0 Å². The predicted octanol–water partition coefficient (Wildman–Crippen LogP) is 2.18. The smallest absolute Gasteiger partial charge is 0.220 e. The number of nitrogen functional groups attached to an aromatic ring is 1. The Labute approximate surface area is 98.3 Å². The zero-order chi connectivity index (χ0) is 12.4. The Morgan fingerprint density at radius 3 is 2.82 bits per heavy atom. The lowest BCUT2D eigenvalue weighted by molar-refractivity contribution is 0.416. The molecule has 0 aliphatic carbocycles. The first-order chi connectivity index (χ1) is 8.11. The average molecular weight is 233 g/mol. The van der Waals surface area contributed by atoms with Gasteiger partial charge >= 0.3 is 0 Å². The molecule has 5 heteroatoms. The van der Waals surface area contributed by atoms with E-state index in [9.17, 15) is 4.39 Å². The number of aryl methyl sites for hydroxylation is 1. The Morgan fingerprint density at radius 2 is 2.12 bits per heavy atom. The molecule has 17 heavy (non-hydrogen) atoms. The van der Waals surface area contributed by atoms with E-state index in [0.717, 1.165) is 11.8 Å². The molecule has 0 aliphatic heterocycles. The third-order valence-electron chi connectivity index (χ3n) is 2.37. The molecule has 2 N–H and O–H groups in total. The summed E-state index contributed by atoms with van der Waals surface area (Å²) in [5, 5.41) is 0. The van der Waals surface area contributed by atoms with Gasteiger partial charge < -0.3 is 10.5 Å². The Kier molecular flexibility index (Phi) is 2.91. The molecule has 1 heterocycles. The van der Waals surface area contributed by atoms with Crippen molar-refractivity contribution < 1.29 is 9.13 Å². The van der Waals surface area contributed by atoms with Gasteiger partial charge in [-0.2, -0.15) is 0 Å². The lowest BCUT2D eigenvalue weighted by atomic mass is 10.1. The molecule has 0 aliphatic rings. The second kappa shape index (κ2) is 4.37. The molecule has 2 rings (SSSR count). The van der Waals surface area contributed by atoms with Crippen LogP contribution in [0.1, 0.15) is 5.56 Å². The van der Waals surface area contributed by atoms with Crippen LogP contribution in [0.25, 0.3) is 11.3 Å². The Bertz CT molecular complexity index is 557. The Morgan fingerprint density at radius 1 is 1.35 bits per heavy atom. The maximum atomic E-state index is 13.7. The number of nitrogens with zero attached hydrogens (tertiary/aromatic N) is 2. The largest absolute Gasteiger partial charge is 0.496 e. The van der Waals surface area contributed by atoms with Crippen molar-refractivity contribution in [3.8, 4) is 17.0 Å². The lowest BCUT2D eigenvalue weighted by Crippen LogP contribution is -2.00. The number of aromatic nitrogens is 2. The summed E-state index contributed by atoms with van der Waals surface area (Å²) >= 11 is 0. The summed E-state index contributed by atoms with van der Waals surface area (Å²) in [4.78, 5) is 7.50. The van der Waals surface area contributed by atoms with E-state index in [2.05, 4.69) is 9.97 Å². The van der Waals surface area contributed by atoms with Crippen molar-refractivity contribution in [1.82, 2.24) is 9.97 Å². The minimum Gasteiger partial charge on any atom is -0.496 e. The molecule has 0 atom stereocenters. The fourth-order valence-electron chi connectivity index (χ4n) is 1.58. The van der Waals surface area contributed by atoms with Crippen LogP contribution in [0.5, 0.6) is 5.75 Å². The van der Waals surface area contributed by atoms with Crippen molar-refractivity contribution in [2.75, 3.05) is 12.8 Å². The van der Waals surface area contributed by atoms with Crippen molar-refractivity contribution >= 4 is 5.95 Å². The zero-order valence-electron chi connectivity index (χ0n) is 9.57. The van der Waals surface area contributed by atoms with E-state index < -0.39 is 5.82 Å². The summed E-state index contributed by atoms with van der Waals surface area (Å²) in [5.74, 6) is 0.0562. The lowest BCUT2D eigenvalue weighted by Gasteiger charge is -2.09. The van der Waals surface area contributed by atoms with Crippen LogP contribution in [0.3, 0.4) is 0 Å². The molecule has 0 saturated heterocycles. The molecule has 0 unspecified atom stereocenters. The SMILES string of the molecule is COc1ccc(C)cc1-c1nc(N)ncc1F. The summed E-state index contributed by atoms with van der Waals surface area (Å²) in [7, 11) is 1.52. The minimum atomic E-state index is -0.525. The maximum Gasteiger partial charge on any atom is 0.220 e. The van der Waals surface area contributed by atoms with Crippen LogP contribution < -0.4 is 10.5 Å². The normalized spacial score (nSPS) is 10.3. The number of rotatable bonds is 2. The number of nitrogens with two attached hydrogens (primary N) is 1. The van der Waals surface area contributed by atoms with Crippen LogP contribution in [0, 0.1) is 12.7 Å². The highest BCUT2D eigenvalue weighted by atomic mass is 19.1. The zero-order valence-corrected chi connectivity index (χ0v) is 9.57. The fraction of sp³-hybridized carbons (Fsp3) is 0.167. The van der Waals surface area contributed by atoms with Crippen molar-refractivity contribution in [2.45, 2.75) is 6.92 Å². The Hall–Kier alpha value is -2.17. The fourth-order valence-corrected chi connectivity index (χ4v) is 1.58. The number of hydrogen-bond acceptors (Lipinski definition) is 4. The second-order valence-electron chi connectivity index (χ2n) is 3.63. The maximum absolute atomic E-state index is 13.7. The summed E-state index contributed by atoms with van der Waals surface area (Å²) in [5.41, 5.74) is 7.17. The van der Waals surface area contributed by atoms with E-state index in [1.54, 1.807) is 12.1 Å². The molecule has 2 aromatic rings. The number of methoxy groups -OCH3 is 1. The number of anilines is 1. The predicted molar refractivity (Wildman–Crippen MR) is 63.1 cm³/mol. The van der Waals surface area contributed by atoms with Crippen LogP contribution in [0.4, 0.5) is 10.3 Å². The third kappa shape index (κ3) is 2.18. The highest BCUT2D eigenvalue weighted by Crippen LogP contribution is 2.31. The highest BCUT2D eigenvalue weighted by Gasteiger charge is 2.13. The van der Waals surface area contributed by atoms with E-state index in [-0.39, 0.29) is 11.6 Å². The van der Waals surface area contributed by atoms with Crippen LogP contribution in [-0.4, -0.2) is 17.1 Å². The summed E-state index contributed by atoms with van der Waals surface area (Å²) in [6.45, 7) is 1.91. The number of benzene rings is 1. The molecule has 0 amide bonds. The minimum absolute atomic E-state index is 0.0324. The van der Waals surface area contributed by atoms with E-state index in [1.165, 1.54) is 7.11 Å². The van der Waals surface area contributed by atoms with Gasteiger partial charge in [0.05, 0.1) is 13.3 Å². The monoisotopic (exact) mass is 233 g/mol. The number of hydrogen-bond donors (Lipinski definition) is 1. The van der Waals surface area contributed by atoms with E-state index >= 15 is 0 Å². The quantitative estimate of drug-likeness (QED) is 0.863. The van der Waals surface area contributed by atoms with Crippen LogP contribution >= 0.6 is 0 Å². The summed E-state index contributed by atoms with van der Waals surface area (Å²) in [6.07, 6.45) is 1.06. The second-order valence-corrected chi connectivity index (χ2v) is 3.63. The molecule has 0 bridgehead atoms. The van der Waals surface area contributed by atoms with E-state index in [4.69, 9.17) is 10.5 Å². The first-order valence-corrected chi connectivity index (χ1v) is 5.05. The first-order valence-electron chi connectivity index (χ1n) is 5.05. The van der Waals surface area contributed by atoms with Gasteiger partial charge in [-0.15, -0.1) is 0 Å². The summed E-state index contributed by atoms with van der Waals surface area (Å²) in [6, 6.07) is 5.44. The molecule has 1 aromatic heterocycles. The third-order valence-corrected chi connectivity index (χ3v) is 2.37. The van der Waals surface area contributed by atoms with Gasteiger partial charge in [-0.1, -0.05) is 11.6 Å². The van der Waals surface area contributed by atoms with E-state index in [1.807, 2.05) is 13.0 Å². The molecular formula is C12H12FN3O. The van der Waals surface area contributed by atoms with Crippen molar-refractivity contribution in [3.05, 3.63) is 35.8 Å². The highest BCUT2D eigenvalue weighted by molar-refractivity contribution is 5.69. The summed E-state index contributed by atoms with van der Waals surface area (Å²) < 4.78 is 18.8. The van der Waals surface area contributed by atoms with Crippen molar-refractivity contribution in [3.63, 3.8) is 0 Å². The molecule has 0 spiro atoms. The van der Waals surface area contributed by atoms with Crippen molar-refractivity contribution in [1.29, 1.82) is 0 Å². The van der Waals surface area contributed by atoms with Gasteiger partial charge in [0.1, 0.15) is 11.4 Å². The molecule has 4 nitrogen and oxygen atoms in total. The molecule has 0 fully saturated rings.